The number of aryl methyl sites for hydroxylation is 2. The molecule has 0 spiro atoms. The molecule has 9 nitrogen and oxygen atoms in total. The number of nitrogens with one attached hydrogen (secondary N) is 1. The zero-order chi connectivity index (χ0) is 26.5. The molecule has 1 aromatic carbocycles. The molecule has 1 amide bonds. The van der Waals surface area contributed by atoms with E-state index in [4.69, 9.17) is 20.2 Å². The average molecular weight is 513 g/mol. The number of hydrogen-bond donors (Lipinski definition) is 2. The SMILES string of the molecule is CCCCc1nc2c(N)nc3ccccc3c2n1CCCCN(C)CCCOCCOCCC(=O)NC. The Labute approximate surface area is 220 Å². The molecule has 0 aliphatic rings. The van der Waals surface area contributed by atoms with Gasteiger partial charge in [0.1, 0.15) is 11.3 Å². The fourth-order valence-electron chi connectivity index (χ4n) is 4.48. The first-order valence-corrected chi connectivity index (χ1v) is 13.6. The smallest absolute Gasteiger partial charge is 0.222 e. The number of amides is 1. The molecule has 0 atom stereocenters. The highest BCUT2D eigenvalue weighted by molar-refractivity contribution is 6.06. The molecule has 204 valence electrons. The van der Waals surface area contributed by atoms with Crippen molar-refractivity contribution in [3.8, 4) is 0 Å². The van der Waals surface area contributed by atoms with E-state index in [1.807, 2.05) is 12.1 Å². The average Bonchev–Trinajstić information content (AvgIpc) is 3.28. The maximum absolute atomic E-state index is 11.1. The van der Waals surface area contributed by atoms with Crippen LogP contribution >= 0.6 is 0 Å². The van der Waals surface area contributed by atoms with Crippen LogP contribution in [0.1, 0.15) is 51.3 Å². The summed E-state index contributed by atoms with van der Waals surface area (Å²) in [5.74, 6) is 1.63. The minimum atomic E-state index is -0.00485. The molecule has 37 heavy (non-hydrogen) atoms. The number of carbonyl (C=O) groups is 1. The molecule has 0 aliphatic heterocycles. The summed E-state index contributed by atoms with van der Waals surface area (Å²) in [6, 6.07) is 8.21. The second-order valence-corrected chi connectivity index (χ2v) is 9.51. The van der Waals surface area contributed by atoms with Gasteiger partial charge in [-0.25, -0.2) is 9.97 Å². The molecule has 0 unspecified atom stereocenters. The van der Waals surface area contributed by atoms with Crippen LogP contribution in [0.5, 0.6) is 0 Å². The van der Waals surface area contributed by atoms with Crippen LogP contribution < -0.4 is 11.1 Å². The van der Waals surface area contributed by atoms with E-state index in [-0.39, 0.29) is 5.91 Å². The number of hydrogen-bond acceptors (Lipinski definition) is 7. The normalized spacial score (nSPS) is 11.7. The summed E-state index contributed by atoms with van der Waals surface area (Å²) >= 11 is 0. The topological polar surface area (TPSA) is 108 Å². The molecule has 3 aromatic rings. The number of fused-ring (bicyclic) bond motifs is 3. The maximum atomic E-state index is 11.1. The van der Waals surface area contributed by atoms with Crippen LogP contribution in [0, 0.1) is 0 Å². The Hall–Kier alpha value is -2.75. The number of nitrogen functional groups attached to an aromatic ring is 1. The Kier molecular flexibility index (Phi) is 12.1. The highest BCUT2D eigenvalue weighted by atomic mass is 16.5. The van der Waals surface area contributed by atoms with Crippen LogP contribution in [-0.4, -0.2) is 79.0 Å². The number of pyridine rings is 1. The number of anilines is 1. The predicted molar refractivity (Wildman–Crippen MR) is 150 cm³/mol. The van der Waals surface area contributed by atoms with E-state index in [0.29, 0.717) is 38.7 Å². The van der Waals surface area contributed by atoms with E-state index in [1.54, 1.807) is 7.05 Å². The molecule has 0 radical (unpaired) electrons. The van der Waals surface area contributed by atoms with E-state index < -0.39 is 0 Å². The van der Waals surface area contributed by atoms with Crippen LogP contribution in [0.2, 0.25) is 0 Å². The van der Waals surface area contributed by atoms with Crippen molar-refractivity contribution in [3.63, 3.8) is 0 Å². The second-order valence-electron chi connectivity index (χ2n) is 9.51. The van der Waals surface area contributed by atoms with Gasteiger partial charge in [-0.3, -0.25) is 4.79 Å². The Morgan fingerprint density at radius 3 is 2.57 bits per heavy atom. The lowest BCUT2D eigenvalue weighted by molar-refractivity contribution is -0.121. The molecule has 3 N–H and O–H groups in total. The number of carbonyl (C=O) groups excluding carboxylic acids is 1. The number of benzene rings is 1. The third-order valence-corrected chi connectivity index (χ3v) is 6.57. The Morgan fingerprint density at radius 2 is 1.78 bits per heavy atom. The Morgan fingerprint density at radius 1 is 1.03 bits per heavy atom. The van der Waals surface area contributed by atoms with Gasteiger partial charge in [-0.1, -0.05) is 31.5 Å². The van der Waals surface area contributed by atoms with Crippen molar-refractivity contribution in [2.24, 2.45) is 0 Å². The van der Waals surface area contributed by atoms with Gasteiger partial charge in [-0.15, -0.1) is 0 Å². The number of imidazole rings is 1. The van der Waals surface area contributed by atoms with Gasteiger partial charge in [-0.2, -0.15) is 0 Å². The number of aromatic nitrogens is 3. The van der Waals surface area contributed by atoms with Crippen molar-refractivity contribution < 1.29 is 14.3 Å². The van der Waals surface area contributed by atoms with Gasteiger partial charge in [-0.05, 0) is 45.3 Å². The minimum absolute atomic E-state index is 0.00485. The van der Waals surface area contributed by atoms with Crippen LogP contribution in [0.15, 0.2) is 24.3 Å². The lowest BCUT2D eigenvalue weighted by Gasteiger charge is -2.17. The molecule has 2 aromatic heterocycles. The van der Waals surface area contributed by atoms with Crippen molar-refractivity contribution in [1.29, 1.82) is 0 Å². The first kappa shape index (κ1) is 28.8. The number of ether oxygens (including phenoxy) is 2. The molecule has 0 saturated heterocycles. The summed E-state index contributed by atoms with van der Waals surface area (Å²) in [4.78, 5) is 23.0. The van der Waals surface area contributed by atoms with E-state index in [0.717, 1.165) is 85.9 Å². The summed E-state index contributed by atoms with van der Waals surface area (Å²) < 4.78 is 13.4. The summed E-state index contributed by atoms with van der Waals surface area (Å²) in [6.07, 6.45) is 6.77. The van der Waals surface area contributed by atoms with Crippen molar-refractivity contribution in [2.45, 2.75) is 58.4 Å². The van der Waals surface area contributed by atoms with E-state index in [9.17, 15) is 4.79 Å². The maximum Gasteiger partial charge on any atom is 0.222 e. The van der Waals surface area contributed by atoms with Crippen LogP contribution in [0.3, 0.4) is 0 Å². The van der Waals surface area contributed by atoms with Crippen LogP contribution in [0.4, 0.5) is 5.82 Å². The molecular formula is C28H44N6O3. The van der Waals surface area contributed by atoms with Crippen molar-refractivity contribution in [1.82, 2.24) is 24.8 Å². The quantitative estimate of drug-likeness (QED) is 0.250. The second kappa shape index (κ2) is 15.5. The Balaban J connectivity index is 1.42. The molecule has 9 heteroatoms. The molecule has 3 rings (SSSR count). The third kappa shape index (κ3) is 8.66. The van der Waals surface area contributed by atoms with Crippen molar-refractivity contribution in [2.75, 3.05) is 59.3 Å². The summed E-state index contributed by atoms with van der Waals surface area (Å²) in [6.45, 7) is 7.42. The highest BCUT2D eigenvalue weighted by Gasteiger charge is 2.16. The fourth-order valence-corrected chi connectivity index (χ4v) is 4.48. The zero-order valence-electron chi connectivity index (χ0n) is 22.8. The molecule has 0 aliphatic carbocycles. The summed E-state index contributed by atoms with van der Waals surface area (Å²) in [7, 11) is 3.80. The summed E-state index contributed by atoms with van der Waals surface area (Å²) in [5, 5.41) is 3.70. The van der Waals surface area contributed by atoms with Crippen LogP contribution in [0.25, 0.3) is 21.9 Å². The minimum Gasteiger partial charge on any atom is -0.382 e. The number of nitrogens with zero attached hydrogens (tertiary/aromatic N) is 4. The van der Waals surface area contributed by atoms with Gasteiger partial charge in [0, 0.05) is 45.0 Å². The largest absolute Gasteiger partial charge is 0.382 e. The first-order chi connectivity index (χ1) is 18.0. The Bertz CT molecular complexity index is 1120. The lowest BCUT2D eigenvalue weighted by Crippen LogP contribution is -2.22. The van der Waals surface area contributed by atoms with E-state index in [1.165, 1.54) is 0 Å². The predicted octanol–water partition coefficient (Wildman–Crippen LogP) is 3.78. The van der Waals surface area contributed by atoms with Crippen LogP contribution in [-0.2, 0) is 27.2 Å². The molecular weight excluding hydrogens is 468 g/mol. The fraction of sp³-hybridized carbons (Fsp3) is 0.607. The van der Waals surface area contributed by atoms with Crippen molar-refractivity contribution in [3.05, 3.63) is 30.1 Å². The first-order valence-electron chi connectivity index (χ1n) is 13.6. The monoisotopic (exact) mass is 512 g/mol. The number of rotatable bonds is 18. The van der Waals surface area contributed by atoms with Gasteiger partial charge in [0.05, 0.1) is 30.9 Å². The van der Waals surface area contributed by atoms with Gasteiger partial charge >= 0.3 is 0 Å². The number of unbranched alkanes of at least 4 members (excludes halogenated alkanes) is 2. The van der Waals surface area contributed by atoms with Gasteiger partial charge in [0.15, 0.2) is 5.82 Å². The molecule has 0 saturated carbocycles. The van der Waals surface area contributed by atoms with Gasteiger partial charge in [0.2, 0.25) is 5.91 Å². The highest BCUT2D eigenvalue weighted by Crippen LogP contribution is 2.29. The van der Waals surface area contributed by atoms with Gasteiger partial charge < -0.3 is 30.0 Å². The van der Waals surface area contributed by atoms with E-state index in [2.05, 4.69) is 45.9 Å². The van der Waals surface area contributed by atoms with Crippen molar-refractivity contribution >= 4 is 33.7 Å². The zero-order valence-corrected chi connectivity index (χ0v) is 22.8. The third-order valence-electron chi connectivity index (χ3n) is 6.57. The van der Waals surface area contributed by atoms with Gasteiger partial charge in [0.25, 0.3) is 0 Å². The molecule has 0 bridgehead atoms. The number of para-hydroxylation sites is 1. The summed E-state index contributed by atoms with van der Waals surface area (Å²) in [5.41, 5.74) is 9.20. The molecule has 2 heterocycles. The van der Waals surface area contributed by atoms with E-state index >= 15 is 0 Å². The standard InChI is InChI=1S/C28H44N6O3/c1-4-5-13-24-32-26-27(22-11-6-7-12-23(22)31-28(26)29)34(24)17-9-8-15-33(3)16-10-18-36-20-21-37-19-14-25(35)30-2/h6-7,11-12H,4-5,8-10,13-21H2,1-3H3,(H2,29,31)(H,30,35). The lowest BCUT2D eigenvalue weighted by atomic mass is 10.1. The molecule has 0 fully saturated rings. The number of nitrogens with two attached hydrogens (primary N) is 1.